The summed E-state index contributed by atoms with van der Waals surface area (Å²) >= 11 is 6.69. The average molecular weight is 269 g/mol. The third-order valence-corrected chi connectivity index (χ3v) is 3.22. The van der Waals surface area contributed by atoms with Crippen LogP contribution >= 0.6 is 23.4 Å². The van der Waals surface area contributed by atoms with Crippen LogP contribution in [0.5, 0.6) is 0 Å². The summed E-state index contributed by atoms with van der Waals surface area (Å²) in [6.07, 6.45) is 0. The molecule has 2 atom stereocenters. The molecular weight excluding hydrogens is 256 g/mol. The molecular formula is C8H13ClN2O4S. The average Bonchev–Trinajstić information content (AvgIpc) is 2.14. The van der Waals surface area contributed by atoms with Crippen molar-refractivity contribution in [3.63, 3.8) is 0 Å². The van der Waals surface area contributed by atoms with Crippen LogP contribution in [-0.4, -0.2) is 45.8 Å². The molecule has 0 spiro atoms. The first-order valence-corrected chi connectivity index (χ1v) is 5.94. The van der Waals surface area contributed by atoms with Crippen molar-refractivity contribution in [3.8, 4) is 0 Å². The zero-order valence-electron chi connectivity index (χ0n) is 8.60. The van der Waals surface area contributed by atoms with E-state index in [2.05, 4.69) is 5.32 Å². The van der Waals surface area contributed by atoms with Crippen LogP contribution in [0.25, 0.3) is 0 Å². The van der Waals surface area contributed by atoms with Gasteiger partial charge >= 0.3 is 5.97 Å². The Hall–Kier alpha value is -0.950. The van der Waals surface area contributed by atoms with E-state index in [1.165, 1.54) is 6.92 Å². The summed E-state index contributed by atoms with van der Waals surface area (Å²) in [5, 5.41) is 10.2. The normalized spacial score (nSPS) is 13.9. The molecule has 6 nitrogen and oxygen atoms in total. The van der Waals surface area contributed by atoms with Crippen molar-refractivity contribution >= 4 is 41.1 Å². The fourth-order valence-corrected chi connectivity index (χ4v) is 2.03. The zero-order chi connectivity index (χ0) is 12.7. The Morgan fingerprint density at radius 2 is 2.00 bits per heavy atom. The lowest BCUT2D eigenvalue weighted by Gasteiger charge is -2.13. The first-order chi connectivity index (χ1) is 7.34. The summed E-state index contributed by atoms with van der Waals surface area (Å²) in [7, 11) is 0. The molecule has 8 heteroatoms. The van der Waals surface area contributed by atoms with Crippen molar-refractivity contribution in [1.82, 2.24) is 5.32 Å². The third kappa shape index (κ3) is 6.52. The van der Waals surface area contributed by atoms with Crippen LogP contribution in [0.1, 0.15) is 6.92 Å². The summed E-state index contributed by atoms with van der Waals surface area (Å²) < 4.78 is 0. The Balaban J connectivity index is 3.99. The van der Waals surface area contributed by atoms with Gasteiger partial charge in [0.1, 0.15) is 11.4 Å². The predicted octanol–water partition coefficient (Wildman–Crippen LogP) is -0.598. The van der Waals surface area contributed by atoms with E-state index in [-0.39, 0.29) is 11.5 Å². The van der Waals surface area contributed by atoms with Crippen LogP contribution in [0.3, 0.4) is 0 Å². The number of nitrogens with one attached hydrogen (secondary N) is 1. The van der Waals surface area contributed by atoms with Gasteiger partial charge in [0.2, 0.25) is 11.8 Å². The number of thioether (sulfide) groups is 1. The summed E-state index contributed by atoms with van der Waals surface area (Å²) in [4.78, 5) is 31.9. The van der Waals surface area contributed by atoms with Gasteiger partial charge in [0.15, 0.2) is 0 Å². The monoisotopic (exact) mass is 268 g/mol. The van der Waals surface area contributed by atoms with Crippen LogP contribution in [0.2, 0.25) is 0 Å². The van der Waals surface area contributed by atoms with Crippen molar-refractivity contribution in [2.75, 3.05) is 11.5 Å². The van der Waals surface area contributed by atoms with E-state index in [1.807, 2.05) is 0 Å². The minimum Gasteiger partial charge on any atom is -0.480 e. The minimum absolute atomic E-state index is 0.130. The number of primary amides is 1. The number of hydrogen-bond donors (Lipinski definition) is 3. The van der Waals surface area contributed by atoms with E-state index in [1.54, 1.807) is 0 Å². The zero-order valence-corrected chi connectivity index (χ0v) is 10.2. The maximum Gasteiger partial charge on any atom is 0.327 e. The smallest absolute Gasteiger partial charge is 0.327 e. The highest BCUT2D eigenvalue weighted by molar-refractivity contribution is 7.99. The van der Waals surface area contributed by atoms with Crippen molar-refractivity contribution < 1.29 is 19.5 Å². The van der Waals surface area contributed by atoms with Gasteiger partial charge in [-0.25, -0.2) is 4.79 Å². The van der Waals surface area contributed by atoms with Crippen molar-refractivity contribution in [3.05, 3.63) is 0 Å². The van der Waals surface area contributed by atoms with Gasteiger partial charge in [0, 0.05) is 18.4 Å². The number of aliphatic carboxylic acids is 1. The van der Waals surface area contributed by atoms with E-state index in [0.717, 1.165) is 11.8 Å². The van der Waals surface area contributed by atoms with E-state index in [4.69, 9.17) is 22.4 Å². The lowest BCUT2D eigenvalue weighted by Crippen LogP contribution is -2.41. The summed E-state index contributed by atoms with van der Waals surface area (Å²) in [5.41, 5.74) is 4.92. The van der Waals surface area contributed by atoms with Gasteiger partial charge in [-0.1, -0.05) is 0 Å². The maximum absolute atomic E-state index is 10.7. The van der Waals surface area contributed by atoms with Crippen LogP contribution < -0.4 is 11.1 Å². The number of rotatable bonds is 7. The molecule has 2 amide bonds. The second-order valence-corrected chi connectivity index (χ2v) is 4.60. The second kappa shape index (κ2) is 7.34. The lowest BCUT2D eigenvalue weighted by atomic mass is 10.3. The van der Waals surface area contributed by atoms with Gasteiger partial charge in [-0.15, -0.1) is 11.6 Å². The number of halogens is 1. The quantitative estimate of drug-likeness (QED) is 0.534. The van der Waals surface area contributed by atoms with E-state index in [0.29, 0.717) is 0 Å². The predicted molar refractivity (Wildman–Crippen MR) is 61.4 cm³/mol. The van der Waals surface area contributed by atoms with Gasteiger partial charge in [0.25, 0.3) is 0 Å². The number of carboxylic acids is 1. The SMILES string of the molecule is CC(=O)NC(CSCC(Cl)C(N)=O)C(=O)O. The van der Waals surface area contributed by atoms with E-state index < -0.39 is 29.2 Å². The Morgan fingerprint density at radius 3 is 2.38 bits per heavy atom. The standard InChI is InChI=1S/C8H13ClN2O4S/c1-4(12)11-6(8(14)15)3-16-2-5(9)7(10)13/h5-6H,2-3H2,1H3,(H2,10,13)(H,11,12)(H,14,15). The molecule has 0 aromatic heterocycles. The number of carboxylic acid groups (broad SMARTS) is 1. The highest BCUT2D eigenvalue weighted by Crippen LogP contribution is 2.09. The van der Waals surface area contributed by atoms with Gasteiger partial charge in [-0.05, 0) is 0 Å². The molecule has 0 saturated carbocycles. The minimum atomic E-state index is -1.13. The molecule has 0 fully saturated rings. The molecule has 2 unspecified atom stereocenters. The van der Waals surface area contributed by atoms with Crippen LogP contribution in [0.15, 0.2) is 0 Å². The molecule has 0 saturated heterocycles. The topological polar surface area (TPSA) is 109 Å². The Morgan fingerprint density at radius 1 is 1.44 bits per heavy atom. The maximum atomic E-state index is 10.7. The largest absolute Gasteiger partial charge is 0.480 e. The number of hydrogen-bond acceptors (Lipinski definition) is 4. The molecule has 4 N–H and O–H groups in total. The summed E-state index contributed by atoms with van der Waals surface area (Å²) in [5.74, 6) is -1.87. The van der Waals surface area contributed by atoms with Crippen LogP contribution in [-0.2, 0) is 14.4 Å². The molecule has 0 aromatic carbocycles. The highest BCUT2D eigenvalue weighted by Gasteiger charge is 2.19. The van der Waals surface area contributed by atoms with Crippen LogP contribution in [0.4, 0.5) is 0 Å². The molecule has 16 heavy (non-hydrogen) atoms. The third-order valence-electron chi connectivity index (χ3n) is 1.53. The van der Waals surface area contributed by atoms with Crippen LogP contribution in [0, 0.1) is 0 Å². The van der Waals surface area contributed by atoms with Gasteiger partial charge in [0.05, 0.1) is 0 Å². The fourth-order valence-electron chi connectivity index (χ4n) is 0.792. The van der Waals surface area contributed by atoms with Crippen molar-refractivity contribution in [2.24, 2.45) is 5.73 Å². The molecule has 0 radical (unpaired) electrons. The number of carbonyl (C=O) groups is 3. The second-order valence-electron chi connectivity index (χ2n) is 3.00. The molecule has 0 rings (SSSR count). The molecule has 0 aliphatic carbocycles. The molecule has 0 heterocycles. The first-order valence-electron chi connectivity index (χ1n) is 4.35. The number of nitrogens with two attached hydrogens (primary N) is 1. The van der Waals surface area contributed by atoms with Gasteiger partial charge in [-0.3, -0.25) is 9.59 Å². The fraction of sp³-hybridized carbons (Fsp3) is 0.625. The summed E-state index contributed by atoms with van der Waals surface area (Å²) in [6, 6.07) is -0.987. The molecule has 92 valence electrons. The molecule has 0 bridgehead atoms. The first kappa shape index (κ1) is 15.0. The van der Waals surface area contributed by atoms with Crippen molar-refractivity contribution in [1.29, 1.82) is 0 Å². The van der Waals surface area contributed by atoms with E-state index in [9.17, 15) is 14.4 Å². The van der Waals surface area contributed by atoms with Gasteiger partial charge in [-0.2, -0.15) is 11.8 Å². The Bertz CT molecular complexity index is 287. The summed E-state index contributed by atoms with van der Waals surface area (Å²) in [6.45, 7) is 1.23. The Labute approximate surface area is 102 Å². The molecule has 0 aliphatic heterocycles. The molecule has 0 aliphatic rings. The van der Waals surface area contributed by atoms with Gasteiger partial charge < -0.3 is 16.2 Å². The highest BCUT2D eigenvalue weighted by atomic mass is 35.5. The Kier molecular flexibility index (Phi) is 6.91. The number of carbonyl (C=O) groups excluding carboxylic acids is 2. The number of alkyl halides is 1. The lowest BCUT2D eigenvalue weighted by molar-refractivity contribution is -0.140. The number of amides is 2. The molecule has 0 aromatic rings. The van der Waals surface area contributed by atoms with Crippen molar-refractivity contribution in [2.45, 2.75) is 18.3 Å². The van der Waals surface area contributed by atoms with E-state index >= 15 is 0 Å².